The minimum Gasteiger partial charge on any atom is -0.467 e. The van der Waals surface area contributed by atoms with Crippen LogP contribution >= 0.6 is 0 Å². The van der Waals surface area contributed by atoms with E-state index in [4.69, 9.17) is 9.47 Å². The summed E-state index contributed by atoms with van der Waals surface area (Å²) in [5.74, 6) is -0.384. The van der Waals surface area contributed by atoms with Crippen LogP contribution in [0.3, 0.4) is 0 Å². The van der Waals surface area contributed by atoms with Gasteiger partial charge in [-0.15, -0.1) is 4.98 Å². The summed E-state index contributed by atoms with van der Waals surface area (Å²) in [5, 5.41) is 0. The van der Waals surface area contributed by atoms with Crippen molar-refractivity contribution < 1.29 is 22.3 Å². The fourth-order valence-electron chi connectivity index (χ4n) is 1.79. The van der Waals surface area contributed by atoms with Gasteiger partial charge in [-0.1, -0.05) is 0 Å². The zero-order chi connectivity index (χ0) is 17.0. The van der Waals surface area contributed by atoms with Gasteiger partial charge in [0.05, 0.1) is 25.7 Å². The molecule has 0 aliphatic rings. The predicted octanol–water partition coefficient (Wildman–Crippen LogP) is 0.815. The Balaban J connectivity index is 2.22. The van der Waals surface area contributed by atoms with Gasteiger partial charge in [-0.3, -0.25) is 0 Å². The molecule has 1 aromatic heterocycles. The minimum atomic E-state index is -3.84. The number of rotatable bonds is 6. The van der Waals surface area contributed by atoms with Crippen molar-refractivity contribution in [3.63, 3.8) is 0 Å². The maximum Gasteiger partial charge on any atom is 0.322 e. The Morgan fingerprint density at radius 2 is 1.74 bits per heavy atom. The van der Waals surface area contributed by atoms with E-state index in [1.165, 1.54) is 27.2 Å². The average molecular weight is 342 g/mol. The van der Waals surface area contributed by atoms with Gasteiger partial charge in [0.15, 0.2) is 5.82 Å². The highest BCUT2D eigenvalue weighted by Gasteiger charge is 2.18. The van der Waals surface area contributed by atoms with Gasteiger partial charge in [0.2, 0.25) is 10.0 Å². The van der Waals surface area contributed by atoms with E-state index < -0.39 is 15.8 Å². The maximum absolute atomic E-state index is 13.1. The number of aryl methyl sites for hydroxylation is 1. The summed E-state index contributed by atoms with van der Waals surface area (Å²) >= 11 is 0. The van der Waals surface area contributed by atoms with Crippen LogP contribution in [0.25, 0.3) is 0 Å². The molecule has 0 radical (unpaired) electrons. The number of benzene rings is 1. The summed E-state index contributed by atoms with van der Waals surface area (Å²) in [6.07, 6.45) is 0. The molecule has 0 aliphatic carbocycles. The second kappa shape index (κ2) is 6.84. The molecule has 1 N–H and O–H groups in total. The Morgan fingerprint density at radius 1 is 1.13 bits per heavy atom. The third kappa shape index (κ3) is 4.11. The van der Waals surface area contributed by atoms with Gasteiger partial charge in [0, 0.05) is 0 Å². The molecule has 0 unspecified atom stereocenters. The van der Waals surface area contributed by atoms with E-state index in [0.29, 0.717) is 5.56 Å². The Hall–Kier alpha value is -2.33. The lowest BCUT2D eigenvalue weighted by Crippen LogP contribution is -2.25. The lowest BCUT2D eigenvalue weighted by Gasteiger charge is -2.09. The van der Waals surface area contributed by atoms with Gasteiger partial charge in [-0.2, -0.15) is 9.97 Å². The molecule has 0 saturated heterocycles. The standard InChI is InChI=1S/C13H15FN4O4S/c1-8-6-9(14)4-5-10(8)23(19,20)15-7-11-16-12(21-2)18-13(17-11)22-3/h4-6,15H,7H2,1-3H3. The van der Waals surface area contributed by atoms with Gasteiger partial charge < -0.3 is 9.47 Å². The van der Waals surface area contributed by atoms with Crippen molar-refractivity contribution in [3.05, 3.63) is 35.4 Å². The first kappa shape index (κ1) is 17.0. The number of hydrogen-bond acceptors (Lipinski definition) is 7. The number of nitrogens with zero attached hydrogens (tertiary/aromatic N) is 3. The zero-order valence-corrected chi connectivity index (χ0v) is 13.5. The number of halogens is 1. The van der Waals surface area contributed by atoms with Gasteiger partial charge in [0.1, 0.15) is 5.82 Å². The predicted molar refractivity (Wildman–Crippen MR) is 78.1 cm³/mol. The van der Waals surface area contributed by atoms with Crippen molar-refractivity contribution in [3.8, 4) is 12.0 Å². The molecule has 2 rings (SSSR count). The third-order valence-electron chi connectivity index (χ3n) is 2.85. The Morgan fingerprint density at radius 3 is 2.26 bits per heavy atom. The van der Waals surface area contributed by atoms with Crippen molar-refractivity contribution >= 4 is 10.0 Å². The fourth-order valence-corrected chi connectivity index (χ4v) is 3.00. The van der Waals surface area contributed by atoms with Crippen LogP contribution in [0.1, 0.15) is 11.4 Å². The quantitative estimate of drug-likeness (QED) is 0.828. The molecule has 0 amide bonds. The molecule has 124 valence electrons. The smallest absolute Gasteiger partial charge is 0.322 e. The molecule has 23 heavy (non-hydrogen) atoms. The van der Waals surface area contributed by atoms with Crippen molar-refractivity contribution in [2.75, 3.05) is 14.2 Å². The molecule has 8 nitrogen and oxygen atoms in total. The van der Waals surface area contributed by atoms with Crippen LogP contribution in [0.2, 0.25) is 0 Å². The molecule has 2 aromatic rings. The van der Waals surface area contributed by atoms with E-state index >= 15 is 0 Å². The van der Waals surface area contributed by atoms with Gasteiger partial charge in [-0.05, 0) is 30.7 Å². The van der Waals surface area contributed by atoms with Gasteiger partial charge in [-0.25, -0.2) is 17.5 Å². The topological polar surface area (TPSA) is 103 Å². The molecular formula is C13H15FN4O4S. The van der Waals surface area contributed by atoms with E-state index in [1.807, 2.05) is 0 Å². The van der Waals surface area contributed by atoms with Gasteiger partial charge >= 0.3 is 12.0 Å². The van der Waals surface area contributed by atoms with Crippen molar-refractivity contribution in [2.45, 2.75) is 18.4 Å². The first-order valence-electron chi connectivity index (χ1n) is 6.44. The second-order valence-electron chi connectivity index (χ2n) is 4.46. The monoisotopic (exact) mass is 342 g/mol. The third-order valence-corrected chi connectivity index (χ3v) is 4.41. The lowest BCUT2D eigenvalue weighted by molar-refractivity contribution is 0.336. The normalized spacial score (nSPS) is 11.3. The maximum atomic E-state index is 13.1. The number of aromatic nitrogens is 3. The Kier molecular flexibility index (Phi) is 5.06. The minimum absolute atomic E-state index is 0.00371. The average Bonchev–Trinajstić information content (AvgIpc) is 2.52. The molecule has 0 saturated carbocycles. The number of methoxy groups -OCH3 is 2. The molecular weight excluding hydrogens is 327 g/mol. The summed E-state index contributed by atoms with van der Waals surface area (Å²) < 4.78 is 49.8. The molecule has 10 heteroatoms. The highest BCUT2D eigenvalue weighted by Crippen LogP contribution is 2.16. The van der Waals surface area contributed by atoms with Crippen LogP contribution < -0.4 is 14.2 Å². The molecule has 0 fully saturated rings. The summed E-state index contributed by atoms with van der Waals surface area (Å²) in [5.41, 5.74) is 0.295. The van der Waals surface area contributed by atoms with Crippen molar-refractivity contribution in [1.82, 2.24) is 19.7 Å². The zero-order valence-electron chi connectivity index (χ0n) is 12.7. The number of ether oxygens (including phenoxy) is 2. The number of nitrogens with one attached hydrogen (secondary N) is 1. The van der Waals surface area contributed by atoms with E-state index in [1.54, 1.807) is 0 Å². The Labute approximate surface area is 132 Å². The van der Waals surface area contributed by atoms with Crippen LogP contribution in [-0.2, 0) is 16.6 Å². The van der Waals surface area contributed by atoms with Crippen LogP contribution in [0.5, 0.6) is 12.0 Å². The SMILES string of the molecule is COc1nc(CNS(=O)(=O)c2ccc(F)cc2C)nc(OC)n1. The van der Waals surface area contributed by atoms with Crippen molar-refractivity contribution in [1.29, 1.82) is 0 Å². The molecule has 0 bridgehead atoms. The first-order chi connectivity index (χ1) is 10.9. The molecule has 0 aliphatic heterocycles. The lowest BCUT2D eigenvalue weighted by atomic mass is 10.2. The summed E-state index contributed by atoms with van der Waals surface area (Å²) in [4.78, 5) is 11.6. The number of hydrogen-bond donors (Lipinski definition) is 1. The van der Waals surface area contributed by atoms with E-state index in [2.05, 4.69) is 19.7 Å². The van der Waals surface area contributed by atoms with Gasteiger partial charge in [0.25, 0.3) is 0 Å². The van der Waals surface area contributed by atoms with Crippen molar-refractivity contribution in [2.24, 2.45) is 0 Å². The van der Waals surface area contributed by atoms with E-state index in [9.17, 15) is 12.8 Å². The summed E-state index contributed by atoms with van der Waals surface area (Å²) in [7, 11) is -1.11. The highest BCUT2D eigenvalue weighted by atomic mass is 32.2. The van der Waals surface area contributed by atoms with Crippen LogP contribution in [0.15, 0.2) is 23.1 Å². The summed E-state index contributed by atoms with van der Waals surface area (Å²) in [6.45, 7) is 1.31. The number of sulfonamides is 1. The van der Waals surface area contributed by atoms with E-state index in [-0.39, 0.29) is 29.3 Å². The van der Waals surface area contributed by atoms with E-state index in [0.717, 1.165) is 12.1 Å². The highest BCUT2D eigenvalue weighted by molar-refractivity contribution is 7.89. The summed E-state index contributed by atoms with van der Waals surface area (Å²) in [6, 6.07) is 3.43. The molecule has 0 spiro atoms. The second-order valence-corrected chi connectivity index (χ2v) is 6.19. The fraction of sp³-hybridized carbons (Fsp3) is 0.308. The largest absolute Gasteiger partial charge is 0.467 e. The first-order valence-corrected chi connectivity index (χ1v) is 7.93. The van der Waals surface area contributed by atoms with Crippen LogP contribution in [-0.4, -0.2) is 37.6 Å². The molecule has 1 aromatic carbocycles. The van der Waals surface area contributed by atoms with Crippen LogP contribution in [0.4, 0.5) is 4.39 Å². The molecule has 1 heterocycles. The van der Waals surface area contributed by atoms with Crippen LogP contribution in [0, 0.1) is 12.7 Å². The Bertz CT molecular complexity index is 791. The molecule has 0 atom stereocenters.